The normalized spacial score (nSPS) is 22.3. The highest BCUT2D eigenvalue weighted by atomic mass is 19.1. The summed E-state index contributed by atoms with van der Waals surface area (Å²) >= 11 is 0. The van der Waals surface area contributed by atoms with Gasteiger partial charge in [-0.1, -0.05) is 13.3 Å². The van der Waals surface area contributed by atoms with Gasteiger partial charge in [-0.15, -0.1) is 0 Å². The third-order valence-corrected chi connectivity index (χ3v) is 7.92. The molecule has 1 saturated heterocycles. The number of fused-ring (bicyclic) bond motifs is 3. The second kappa shape index (κ2) is 10.5. The number of nitrogens with one attached hydrogen (secondary N) is 2. The van der Waals surface area contributed by atoms with Crippen LogP contribution in [0.3, 0.4) is 0 Å². The molecule has 1 aromatic heterocycles. The minimum absolute atomic E-state index is 0.120. The first kappa shape index (κ1) is 27.0. The van der Waals surface area contributed by atoms with Gasteiger partial charge in [-0.3, -0.25) is 9.80 Å². The van der Waals surface area contributed by atoms with Crippen LogP contribution in [0.4, 0.5) is 23.2 Å². The first-order valence-electron chi connectivity index (χ1n) is 13.4. The van der Waals surface area contributed by atoms with Crippen molar-refractivity contribution in [3.8, 4) is 0 Å². The van der Waals surface area contributed by atoms with E-state index in [9.17, 15) is 9.50 Å². The van der Waals surface area contributed by atoms with Gasteiger partial charge in [-0.25, -0.2) is 17.6 Å². The number of hydrogen-bond donors (Lipinski definition) is 3. The number of aliphatic hydroxyl groups excluding tert-OH is 1. The van der Waals surface area contributed by atoms with Crippen LogP contribution in [0.1, 0.15) is 56.5 Å². The molecule has 3 N–H and O–H groups in total. The summed E-state index contributed by atoms with van der Waals surface area (Å²) in [5.74, 6) is -1.90. The zero-order valence-corrected chi connectivity index (χ0v) is 22.1. The molecule has 2 aliphatic rings. The van der Waals surface area contributed by atoms with Crippen molar-refractivity contribution in [1.82, 2.24) is 14.8 Å². The second-order valence-corrected chi connectivity index (χ2v) is 11.2. The monoisotopic (exact) mass is 532 g/mol. The molecule has 9 heteroatoms. The van der Waals surface area contributed by atoms with Gasteiger partial charge < -0.3 is 15.4 Å². The summed E-state index contributed by atoms with van der Waals surface area (Å²) < 4.78 is 60.7. The molecule has 5 nitrogen and oxygen atoms in total. The maximum Gasteiger partial charge on any atom is 0.143 e. The predicted octanol–water partition coefficient (Wildman–Crippen LogP) is 5.54. The number of unbranched alkanes of at least 4 members (excludes halogenated alkanes) is 1. The number of alkyl halides is 1. The number of likely N-dealkylation sites (tertiary alicyclic amines) is 1. The lowest BCUT2D eigenvalue weighted by Crippen LogP contribution is -2.54. The summed E-state index contributed by atoms with van der Waals surface area (Å²) in [5, 5.41) is 13.6. The number of halogens is 4. The number of hydrogen-bond acceptors (Lipinski definition) is 4. The van der Waals surface area contributed by atoms with E-state index in [1.165, 1.54) is 31.2 Å². The highest BCUT2D eigenvalue weighted by molar-refractivity contribution is 5.85. The molecule has 2 aliphatic heterocycles. The van der Waals surface area contributed by atoms with Crippen LogP contribution in [0.5, 0.6) is 0 Å². The first-order valence-corrected chi connectivity index (χ1v) is 13.4. The van der Waals surface area contributed by atoms with Crippen LogP contribution in [0, 0.1) is 17.5 Å². The number of aromatic amines is 1. The molecule has 0 saturated carbocycles. The Morgan fingerprint density at radius 2 is 1.84 bits per heavy atom. The molecule has 2 aromatic carbocycles. The number of rotatable bonds is 9. The van der Waals surface area contributed by atoms with Gasteiger partial charge in [0.15, 0.2) is 0 Å². The molecule has 3 aromatic rings. The van der Waals surface area contributed by atoms with Crippen LogP contribution in [0.15, 0.2) is 30.3 Å². The SMILES string of the molecule is CCCCN1CC(Nc2cc(F)c([C@@H]3c4[nH]c5cc(F)ccc5c4C[C@@H](C)N3C[C@@](C)(F)CO)c(F)c2)C1. The van der Waals surface area contributed by atoms with E-state index in [1.54, 1.807) is 11.0 Å². The topological polar surface area (TPSA) is 54.5 Å². The van der Waals surface area contributed by atoms with Crippen molar-refractivity contribution >= 4 is 16.6 Å². The van der Waals surface area contributed by atoms with Gasteiger partial charge in [0.25, 0.3) is 0 Å². The lowest BCUT2D eigenvalue weighted by atomic mass is 9.87. The molecule has 3 atom stereocenters. The Balaban J connectivity index is 1.52. The van der Waals surface area contributed by atoms with Crippen molar-refractivity contribution in [3.05, 3.63) is 64.6 Å². The number of benzene rings is 2. The van der Waals surface area contributed by atoms with E-state index in [-0.39, 0.29) is 24.2 Å². The molecule has 0 aliphatic carbocycles. The third kappa shape index (κ3) is 5.16. The predicted molar refractivity (Wildman–Crippen MR) is 142 cm³/mol. The van der Waals surface area contributed by atoms with E-state index in [0.29, 0.717) is 23.3 Å². The summed E-state index contributed by atoms with van der Waals surface area (Å²) in [4.78, 5) is 7.18. The van der Waals surface area contributed by atoms with Crippen LogP contribution in [0.25, 0.3) is 10.9 Å². The Bertz CT molecular complexity index is 1280. The minimum Gasteiger partial charge on any atom is -0.393 e. The van der Waals surface area contributed by atoms with Gasteiger partial charge in [0.05, 0.1) is 18.7 Å². The zero-order chi connectivity index (χ0) is 27.2. The van der Waals surface area contributed by atoms with Crippen molar-refractivity contribution in [2.24, 2.45) is 0 Å². The molecule has 0 bridgehead atoms. The quantitative estimate of drug-likeness (QED) is 0.317. The highest BCUT2D eigenvalue weighted by Crippen LogP contribution is 2.43. The average Bonchev–Trinajstić information content (AvgIpc) is 3.18. The van der Waals surface area contributed by atoms with Crippen molar-refractivity contribution in [1.29, 1.82) is 0 Å². The molecule has 0 amide bonds. The molecule has 3 heterocycles. The molecule has 5 rings (SSSR count). The summed E-state index contributed by atoms with van der Waals surface area (Å²) in [6.45, 7) is 7.00. The van der Waals surface area contributed by atoms with Crippen LogP contribution in [-0.2, 0) is 6.42 Å². The van der Waals surface area contributed by atoms with E-state index >= 15 is 13.2 Å². The van der Waals surface area contributed by atoms with Crippen LogP contribution >= 0.6 is 0 Å². The Morgan fingerprint density at radius 3 is 2.50 bits per heavy atom. The molecule has 206 valence electrons. The smallest absolute Gasteiger partial charge is 0.143 e. The van der Waals surface area contributed by atoms with E-state index in [1.807, 2.05) is 6.92 Å². The molecule has 0 spiro atoms. The third-order valence-electron chi connectivity index (χ3n) is 7.92. The molecule has 1 fully saturated rings. The summed E-state index contributed by atoms with van der Waals surface area (Å²) in [6, 6.07) is 5.82. The Labute approximate surface area is 220 Å². The summed E-state index contributed by atoms with van der Waals surface area (Å²) in [5.41, 5.74) is 0.0643. The zero-order valence-electron chi connectivity index (χ0n) is 22.1. The maximum atomic E-state index is 15.8. The van der Waals surface area contributed by atoms with Gasteiger partial charge in [0, 0.05) is 53.5 Å². The number of H-pyrrole nitrogens is 1. The molecular weight excluding hydrogens is 496 g/mol. The number of nitrogens with zero attached hydrogens (tertiary/aromatic N) is 2. The fourth-order valence-corrected chi connectivity index (χ4v) is 5.91. The van der Waals surface area contributed by atoms with Crippen molar-refractivity contribution < 1.29 is 22.7 Å². The van der Waals surface area contributed by atoms with Gasteiger partial charge in [0.2, 0.25) is 0 Å². The van der Waals surface area contributed by atoms with Crippen molar-refractivity contribution in [2.75, 3.05) is 38.1 Å². The average molecular weight is 533 g/mol. The van der Waals surface area contributed by atoms with E-state index < -0.39 is 35.8 Å². The number of anilines is 1. The van der Waals surface area contributed by atoms with E-state index in [0.717, 1.165) is 43.4 Å². The van der Waals surface area contributed by atoms with Gasteiger partial charge >= 0.3 is 0 Å². The van der Waals surface area contributed by atoms with Crippen LogP contribution in [-0.4, -0.2) is 70.4 Å². The lowest BCUT2D eigenvalue weighted by molar-refractivity contribution is 0.0162. The molecular formula is C29H36F4N4O. The molecule has 0 radical (unpaired) electrons. The highest BCUT2D eigenvalue weighted by Gasteiger charge is 2.42. The minimum atomic E-state index is -1.98. The summed E-state index contributed by atoms with van der Waals surface area (Å²) in [7, 11) is 0. The van der Waals surface area contributed by atoms with E-state index in [4.69, 9.17) is 0 Å². The van der Waals surface area contributed by atoms with E-state index in [2.05, 4.69) is 22.1 Å². The summed E-state index contributed by atoms with van der Waals surface area (Å²) in [6.07, 6.45) is 2.73. The van der Waals surface area contributed by atoms with Gasteiger partial charge in [-0.05, 0) is 69.1 Å². The van der Waals surface area contributed by atoms with Crippen molar-refractivity contribution in [2.45, 2.75) is 63.8 Å². The van der Waals surface area contributed by atoms with Crippen LogP contribution < -0.4 is 5.32 Å². The molecule has 0 unspecified atom stereocenters. The maximum absolute atomic E-state index is 15.8. The van der Waals surface area contributed by atoms with Crippen molar-refractivity contribution in [3.63, 3.8) is 0 Å². The van der Waals surface area contributed by atoms with Crippen LogP contribution in [0.2, 0.25) is 0 Å². The van der Waals surface area contributed by atoms with Gasteiger partial charge in [0.1, 0.15) is 23.1 Å². The standard InChI is InChI=1S/C29H36F4N4O/c1-4-5-8-36-13-20(14-36)34-19-11-23(31)26(24(32)12-19)28-27-22(21-7-6-18(30)10-25(21)35-27)9-17(2)37(28)15-29(3,33)16-38/h6-7,10-12,17,20,28,34-35,38H,4-5,8-9,13-16H2,1-3H3/t17-,28-,29-/m1/s1. The number of aliphatic hydroxyl groups is 1. The second-order valence-electron chi connectivity index (χ2n) is 11.2. The molecule has 38 heavy (non-hydrogen) atoms. The Hall–Kier alpha value is -2.62. The fourth-order valence-electron chi connectivity index (χ4n) is 5.91. The van der Waals surface area contributed by atoms with Gasteiger partial charge in [-0.2, -0.15) is 0 Å². The largest absolute Gasteiger partial charge is 0.393 e. The Kier molecular flexibility index (Phi) is 7.46. The lowest BCUT2D eigenvalue weighted by Gasteiger charge is -2.43. The fraction of sp³-hybridized carbons (Fsp3) is 0.517. The Morgan fingerprint density at radius 1 is 1.13 bits per heavy atom. The first-order chi connectivity index (χ1) is 18.1. The number of aromatic nitrogens is 1.